The first-order valence-electron chi connectivity index (χ1n) is 9.54. The van der Waals surface area contributed by atoms with Crippen LogP contribution in [0.5, 0.6) is 5.75 Å². The van der Waals surface area contributed by atoms with Gasteiger partial charge in [-0.1, -0.05) is 26.2 Å². The van der Waals surface area contributed by atoms with Gasteiger partial charge in [0, 0.05) is 19.0 Å². The van der Waals surface area contributed by atoms with Gasteiger partial charge in [-0.2, -0.15) is 0 Å². The minimum atomic E-state index is -0.141. The molecule has 0 saturated heterocycles. The van der Waals surface area contributed by atoms with Crippen LogP contribution in [0.1, 0.15) is 51.8 Å². The minimum absolute atomic E-state index is 0.0260. The average Bonchev–Trinajstić information content (AvgIpc) is 3.09. The molecule has 26 heavy (non-hydrogen) atoms. The van der Waals surface area contributed by atoms with E-state index in [9.17, 15) is 9.59 Å². The Morgan fingerprint density at radius 1 is 1.38 bits per heavy atom. The van der Waals surface area contributed by atoms with Gasteiger partial charge in [-0.25, -0.2) is 4.98 Å². The topological polar surface area (TPSA) is 73.2 Å². The van der Waals surface area contributed by atoms with E-state index < -0.39 is 0 Å². The van der Waals surface area contributed by atoms with Gasteiger partial charge in [0.05, 0.1) is 10.9 Å². The molecule has 6 heteroatoms. The van der Waals surface area contributed by atoms with Gasteiger partial charge in [0.25, 0.3) is 11.5 Å². The molecule has 0 bridgehead atoms. The first kappa shape index (κ1) is 18.4. The number of hydrogen-bond donors (Lipinski definition) is 1. The van der Waals surface area contributed by atoms with E-state index in [1.165, 1.54) is 12.8 Å². The largest absolute Gasteiger partial charge is 0.484 e. The number of ether oxygens (including phenoxy) is 1. The first-order valence-corrected chi connectivity index (χ1v) is 9.54. The van der Waals surface area contributed by atoms with Gasteiger partial charge in [0.15, 0.2) is 6.61 Å². The van der Waals surface area contributed by atoms with Crippen molar-refractivity contribution in [3.8, 4) is 5.75 Å². The maximum absolute atomic E-state index is 12.6. The van der Waals surface area contributed by atoms with Crippen LogP contribution in [0.3, 0.4) is 0 Å². The third-order valence-electron chi connectivity index (χ3n) is 4.80. The summed E-state index contributed by atoms with van der Waals surface area (Å²) in [5.41, 5.74) is 0.659. The highest BCUT2D eigenvalue weighted by atomic mass is 16.5. The standard InChI is InChI=1S/C20H27N3O3/c1-3-4-5-7-14(2)21-19(24)13-26-15-9-10-17-16(12-15)20(25)23-11-6-8-18(23)22-17/h9-10,12,14H,3-8,11,13H2,1-2H3,(H,21,24)/t14-/m1/s1. The Bertz CT molecular complexity index is 844. The highest BCUT2D eigenvalue weighted by Crippen LogP contribution is 2.19. The molecule has 1 aromatic carbocycles. The highest BCUT2D eigenvalue weighted by Gasteiger charge is 2.16. The molecule has 0 aliphatic carbocycles. The molecular weight excluding hydrogens is 330 g/mol. The van der Waals surface area contributed by atoms with E-state index in [2.05, 4.69) is 17.2 Å². The molecule has 2 aromatic rings. The van der Waals surface area contributed by atoms with Crippen LogP contribution in [0.4, 0.5) is 0 Å². The zero-order valence-corrected chi connectivity index (χ0v) is 15.6. The number of amides is 1. The van der Waals surface area contributed by atoms with Crippen molar-refractivity contribution in [2.45, 2.75) is 65.0 Å². The summed E-state index contributed by atoms with van der Waals surface area (Å²) in [5, 5.41) is 3.49. The number of hydrogen-bond acceptors (Lipinski definition) is 4. The fraction of sp³-hybridized carbons (Fsp3) is 0.550. The van der Waals surface area contributed by atoms with Gasteiger partial charge in [-0.3, -0.25) is 14.2 Å². The van der Waals surface area contributed by atoms with E-state index in [-0.39, 0.29) is 24.1 Å². The van der Waals surface area contributed by atoms with Crippen LogP contribution < -0.4 is 15.6 Å². The van der Waals surface area contributed by atoms with E-state index in [1.54, 1.807) is 22.8 Å². The van der Waals surface area contributed by atoms with E-state index in [1.807, 2.05) is 6.92 Å². The lowest BCUT2D eigenvalue weighted by Gasteiger charge is -2.14. The van der Waals surface area contributed by atoms with Crippen molar-refractivity contribution in [3.05, 3.63) is 34.4 Å². The number of fused-ring (bicyclic) bond motifs is 2. The van der Waals surface area contributed by atoms with E-state index in [0.29, 0.717) is 16.7 Å². The summed E-state index contributed by atoms with van der Waals surface area (Å²) in [6.07, 6.45) is 6.25. The predicted molar refractivity (Wildman–Crippen MR) is 102 cm³/mol. The lowest BCUT2D eigenvalue weighted by Crippen LogP contribution is -2.36. The zero-order valence-electron chi connectivity index (χ0n) is 15.6. The number of aromatic nitrogens is 2. The summed E-state index contributed by atoms with van der Waals surface area (Å²) in [4.78, 5) is 29.2. The summed E-state index contributed by atoms with van der Waals surface area (Å²) in [6, 6.07) is 5.38. The van der Waals surface area contributed by atoms with Crippen LogP contribution in [0.15, 0.2) is 23.0 Å². The average molecular weight is 357 g/mol. The predicted octanol–water partition coefficient (Wildman–Crippen LogP) is 2.81. The van der Waals surface area contributed by atoms with Crippen molar-refractivity contribution in [2.24, 2.45) is 0 Å². The van der Waals surface area contributed by atoms with Crippen LogP contribution in [-0.2, 0) is 17.8 Å². The lowest BCUT2D eigenvalue weighted by molar-refractivity contribution is -0.123. The SMILES string of the molecule is CCCCC[C@@H](C)NC(=O)COc1ccc2nc3n(c(=O)c2c1)CCC3. The molecule has 1 aliphatic heterocycles. The number of carbonyl (C=O) groups excluding carboxylic acids is 1. The van der Waals surface area contributed by atoms with Gasteiger partial charge in [0.2, 0.25) is 0 Å². The monoisotopic (exact) mass is 357 g/mol. The second-order valence-electron chi connectivity index (χ2n) is 7.02. The number of unbranched alkanes of at least 4 members (excludes halogenated alkanes) is 2. The molecule has 0 spiro atoms. The Balaban J connectivity index is 1.61. The van der Waals surface area contributed by atoms with Crippen LogP contribution >= 0.6 is 0 Å². The lowest BCUT2D eigenvalue weighted by atomic mass is 10.1. The van der Waals surface area contributed by atoms with Gasteiger partial charge in [-0.15, -0.1) is 0 Å². The second-order valence-corrected chi connectivity index (χ2v) is 7.02. The number of aryl methyl sites for hydroxylation is 1. The van der Waals surface area contributed by atoms with E-state index in [4.69, 9.17) is 4.74 Å². The number of nitrogens with one attached hydrogen (secondary N) is 1. The van der Waals surface area contributed by atoms with Gasteiger partial charge in [0.1, 0.15) is 11.6 Å². The van der Waals surface area contributed by atoms with Crippen molar-refractivity contribution >= 4 is 16.8 Å². The third kappa shape index (κ3) is 4.23. The molecule has 0 fully saturated rings. The molecule has 0 unspecified atom stereocenters. The van der Waals surface area contributed by atoms with E-state index >= 15 is 0 Å². The fourth-order valence-electron chi connectivity index (χ4n) is 3.39. The Labute approximate surface area is 153 Å². The second kappa shape index (κ2) is 8.34. The Kier molecular flexibility index (Phi) is 5.91. The van der Waals surface area contributed by atoms with Gasteiger partial charge in [-0.05, 0) is 38.0 Å². The quantitative estimate of drug-likeness (QED) is 0.737. The van der Waals surface area contributed by atoms with Crippen molar-refractivity contribution < 1.29 is 9.53 Å². The van der Waals surface area contributed by atoms with Gasteiger partial charge >= 0.3 is 0 Å². The third-order valence-corrected chi connectivity index (χ3v) is 4.80. The Hall–Kier alpha value is -2.37. The first-order chi connectivity index (χ1) is 12.6. The zero-order chi connectivity index (χ0) is 18.5. The number of benzene rings is 1. The minimum Gasteiger partial charge on any atom is -0.484 e. The summed E-state index contributed by atoms with van der Waals surface area (Å²) in [5.74, 6) is 1.23. The smallest absolute Gasteiger partial charge is 0.261 e. The molecule has 1 amide bonds. The van der Waals surface area contributed by atoms with Crippen LogP contribution in [0.2, 0.25) is 0 Å². The highest BCUT2D eigenvalue weighted by molar-refractivity contribution is 5.80. The van der Waals surface area contributed by atoms with Crippen LogP contribution in [0.25, 0.3) is 10.9 Å². The molecule has 0 saturated carbocycles. The molecule has 1 aliphatic rings. The molecule has 3 rings (SSSR count). The number of carbonyl (C=O) groups is 1. The number of nitrogens with zero attached hydrogens (tertiary/aromatic N) is 2. The summed E-state index contributed by atoms with van der Waals surface area (Å²) in [6.45, 7) is 4.84. The van der Waals surface area contributed by atoms with Crippen LogP contribution in [0, 0.1) is 0 Å². The maximum Gasteiger partial charge on any atom is 0.261 e. The summed E-state index contributed by atoms with van der Waals surface area (Å²) < 4.78 is 7.32. The van der Waals surface area contributed by atoms with Crippen LogP contribution in [-0.4, -0.2) is 28.1 Å². The van der Waals surface area contributed by atoms with Crippen molar-refractivity contribution in [1.82, 2.24) is 14.9 Å². The molecule has 0 radical (unpaired) electrons. The summed E-state index contributed by atoms with van der Waals surface area (Å²) >= 11 is 0. The maximum atomic E-state index is 12.6. The fourth-order valence-corrected chi connectivity index (χ4v) is 3.39. The summed E-state index contributed by atoms with van der Waals surface area (Å²) in [7, 11) is 0. The Morgan fingerprint density at radius 3 is 3.04 bits per heavy atom. The molecule has 2 heterocycles. The Morgan fingerprint density at radius 2 is 2.23 bits per heavy atom. The number of rotatable bonds is 8. The molecule has 1 N–H and O–H groups in total. The molecular formula is C20H27N3O3. The molecule has 140 valence electrons. The van der Waals surface area contributed by atoms with Crippen molar-refractivity contribution in [1.29, 1.82) is 0 Å². The molecule has 1 aromatic heterocycles. The van der Waals surface area contributed by atoms with Crippen molar-refractivity contribution in [2.75, 3.05) is 6.61 Å². The van der Waals surface area contributed by atoms with E-state index in [0.717, 1.165) is 38.1 Å². The van der Waals surface area contributed by atoms with Crippen molar-refractivity contribution in [3.63, 3.8) is 0 Å². The van der Waals surface area contributed by atoms with Gasteiger partial charge < -0.3 is 10.1 Å². The molecule has 1 atom stereocenters. The normalized spacial score (nSPS) is 14.2. The molecule has 6 nitrogen and oxygen atoms in total.